The number of carbonyl (C=O) groups is 3. The van der Waals surface area contributed by atoms with Gasteiger partial charge in [-0.25, -0.2) is 4.79 Å². The van der Waals surface area contributed by atoms with Crippen molar-refractivity contribution in [2.45, 2.75) is 31.6 Å². The Morgan fingerprint density at radius 1 is 1.17 bits per heavy atom. The first-order valence-electron chi connectivity index (χ1n) is 9.50. The molecule has 0 atom stereocenters. The Bertz CT molecular complexity index is 894. The zero-order valence-electron chi connectivity index (χ0n) is 17.5. The molecule has 7 nitrogen and oxygen atoms in total. The lowest BCUT2D eigenvalue weighted by atomic mass is 10.1. The molecule has 0 radical (unpaired) electrons. The van der Waals surface area contributed by atoms with Crippen LogP contribution in [-0.2, 0) is 9.53 Å². The van der Waals surface area contributed by atoms with Crippen LogP contribution in [0.3, 0.4) is 0 Å². The van der Waals surface area contributed by atoms with E-state index in [0.717, 1.165) is 27.7 Å². The zero-order valence-corrected chi connectivity index (χ0v) is 19.1. The molecular weight excluding hydrogens is 424 g/mol. The van der Waals surface area contributed by atoms with Gasteiger partial charge in [-0.15, -0.1) is 23.1 Å². The summed E-state index contributed by atoms with van der Waals surface area (Å²) in [5, 5.41) is 5.70. The maximum Gasteiger partial charge on any atom is 0.348 e. The molecule has 162 valence electrons. The number of ether oxygens (including phenoxy) is 2. The van der Waals surface area contributed by atoms with Crippen molar-refractivity contribution in [2.75, 3.05) is 31.8 Å². The molecule has 0 fully saturated rings. The minimum Gasteiger partial charge on any atom is -0.497 e. The van der Waals surface area contributed by atoms with E-state index in [1.807, 2.05) is 24.3 Å². The van der Waals surface area contributed by atoms with E-state index in [0.29, 0.717) is 33.8 Å². The largest absolute Gasteiger partial charge is 0.497 e. The third kappa shape index (κ3) is 6.24. The number of methoxy groups -OCH3 is 1. The molecule has 0 saturated carbocycles. The van der Waals surface area contributed by atoms with Gasteiger partial charge >= 0.3 is 5.97 Å². The molecule has 0 unspecified atom stereocenters. The number of hydrogen-bond donors (Lipinski definition) is 2. The molecule has 30 heavy (non-hydrogen) atoms. The smallest absolute Gasteiger partial charge is 0.348 e. The molecular formula is C21H26N2O5S2. The van der Waals surface area contributed by atoms with Gasteiger partial charge < -0.3 is 20.1 Å². The molecule has 9 heteroatoms. The van der Waals surface area contributed by atoms with Crippen LogP contribution in [0.4, 0.5) is 5.00 Å². The van der Waals surface area contributed by atoms with Gasteiger partial charge in [0.15, 0.2) is 0 Å². The molecule has 0 spiro atoms. The quantitative estimate of drug-likeness (QED) is 0.321. The fraction of sp³-hybridized carbons (Fsp3) is 0.381. The highest BCUT2D eigenvalue weighted by Crippen LogP contribution is 2.34. The molecule has 0 aliphatic rings. The van der Waals surface area contributed by atoms with Crippen molar-refractivity contribution >= 4 is 45.9 Å². The number of esters is 1. The van der Waals surface area contributed by atoms with Gasteiger partial charge in [0, 0.05) is 18.4 Å². The van der Waals surface area contributed by atoms with Crippen molar-refractivity contribution in [3.63, 3.8) is 0 Å². The monoisotopic (exact) mass is 450 g/mol. The molecule has 2 aromatic rings. The van der Waals surface area contributed by atoms with Crippen molar-refractivity contribution in [3.8, 4) is 5.75 Å². The lowest BCUT2D eigenvalue weighted by Crippen LogP contribution is -2.21. The lowest BCUT2D eigenvalue weighted by Gasteiger charge is -2.07. The van der Waals surface area contributed by atoms with Crippen molar-refractivity contribution in [1.82, 2.24) is 5.32 Å². The fourth-order valence-electron chi connectivity index (χ4n) is 2.68. The normalized spacial score (nSPS) is 10.4. The summed E-state index contributed by atoms with van der Waals surface area (Å²) in [5.74, 6) is 0.525. The molecule has 0 aliphatic heterocycles. The van der Waals surface area contributed by atoms with Gasteiger partial charge in [0.1, 0.15) is 15.6 Å². The van der Waals surface area contributed by atoms with E-state index in [4.69, 9.17) is 9.47 Å². The van der Waals surface area contributed by atoms with Gasteiger partial charge in [-0.2, -0.15) is 0 Å². The second-order valence-corrected chi connectivity index (χ2v) is 8.42. The van der Waals surface area contributed by atoms with Gasteiger partial charge in [0.05, 0.1) is 19.3 Å². The minimum absolute atomic E-state index is 0.202. The number of nitrogens with one attached hydrogen (secondary N) is 2. The van der Waals surface area contributed by atoms with Crippen LogP contribution in [0, 0.1) is 6.92 Å². The first kappa shape index (κ1) is 23.8. The maximum absolute atomic E-state index is 12.4. The molecule has 1 heterocycles. The fourth-order valence-corrected chi connectivity index (χ4v) is 4.64. The highest BCUT2D eigenvalue weighted by atomic mass is 32.2. The van der Waals surface area contributed by atoms with Crippen LogP contribution in [0.25, 0.3) is 0 Å². The van der Waals surface area contributed by atoms with Crippen molar-refractivity contribution < 1.29 is 23.9 Å². The number of anilines is 1. The average molecular weight is 451 g/mol. The number of hydrogen-bond acceptors (Lipinski definition) is 7. The first-order chi connectivity index (χ1) is 14.4. The van der Waals surface area contributed by atoms with E-state index in [1.165, 1.54) is 7.05 Å². The topological polar surface area (TPSA) is 93.7 Å². The first-order valence-corrected chi connectivity index (χ1v) is 11.3. The summed E-state index contributed by atoms with van der Waals surface area (Å²) in [6.07, 6.45) is 0.981. The van der Waals surface area contributed by atoms with E-state index in [-0.39, 0.29) is 18.4 Å². The summed E-state index contributed by atoms with van der Waals surface area (Å²) in [4.78, 5) is 38.3. The van der Waals surface area contributed by atoms with Crippen LogP contribution in [0.5, 0.6) is 5.75 Å². The van der Waals surface area contributed by atoms with Crippen molar-refractivity contribution in [3.05, 3.63) is 40.3 Å². The highest BCUT2D eigenvalue weighted by Gasteiger charge is 2.25. The summed E-state index contributed by atoms with van der Waals surface area (Å²) in [6.45, 7) is 3.63. The van der Waals surface area contributed by atoms with E-state index in [1.54, 1.807) is 32.7 Å². The van der Waals surface area contributed by atoms with Crippen molar-refractivity contribution in [1.29, 1.82) is 0 Å². The number of thioether (sulfide) groups is 1. The Morgan fingerprint density at radius 3 is 2.47 bits per heavy atom. The Balaban J connectivity index is 1.96. The summed E-state index contributed by atoms with van der Waals surface area (Å²) in [6, 6.07) is 7.75. The predicted molar refractivity (Wildman–Crippen MR) is 120 cm³/mol. The van der Waals surface area contributed by atoms with E-state index < -0.39 is 5.97 Å². The third-order valence-electron chi connectivity index (χ3n) is 4.19. The Morgan fingerprint density at radius 2 is 1.87 bits per heavy atom. The zero-order chi connectivity index (χ0) is 22.1. The average Bonchev–Trinajstić information content (AvgIpc) is 3.07. The molecule has 2 rings (SSSR count). The van der Waals surface area contributed by atoms with Crippen LogP contribution in [0.2, 0.25) is 0 Å². The van der Waals surface area contributed by atoms with E-state index in [2.05, 4.69) is 10.6 Å². The number of benzene rings is 1. The molecule has 1 aromatic heterocycles. The van der Waals surface area contributed by atoms with Gasteiger partial charge in [0.25, 0.3) is 5.91 Å². The Kier molecular flexibility index (Phi) is 9.19. The van der Waals surface area contributed by atoms with Crippen LogP contribution >= 0.6 is 23.1 Å². The third-order valence-corrected chi connectivity index (χ3v) is 6.48. The lowest BCUT2D eigenvalue weighted by molar-refractivity contribution is -0.116. The van der Waals surface area contributed by atoms with Gasteiger partial charge in [-0.05, 0) is 55.9 Å². The Labute approximate surface area is 184 Å². The molecule has 0 saturated heterocycles. The maximum atomic E-state index is 12.4. The van der Waals surface area contributed by atoms with Crippen LogP contribution in [0.15, 0.2) is 29.2 Å². The molecule has 0 bridgehead atoms. The number of thiophene rings is 1. The summed E-state index contributed by atoms with van der Waals surface area (Å²) >= 11 is 2.72. The van der Waals surface area contributed by atoms with Gasteiger partial charge in [-0.3, -0.25) is 9.59 Å². The van der Waals surface area contributed by atoms with Gasteiger partial charge in [0.2, 0.25) is 5.91 Å². The molecule has 2 N–H and O–H groups in total. The van der Waals surface area contributed by atoms with Crippen LogP contribution in [0.1, 0.15) is 45.4 Å². The second kappa shape index (κ2) is 11.6. The predicted octanol–water partition coefficient (Wildman–Crippen LogP) is 4.11. The van der Waals surface area contributed by atoms with E-state index in [9.17, 15) is 14.4 Å². The number of rotatable bonds is 10. The summed E-state index contributed by atoms with van der Waals surface area (Å²) in [7, 11) is 3.13. The second-order valence-electron chi connectivity index (χ2n) is 6.24. The van der Waals surface area contributed by atoms with Crippen LogP contribution < -0.4 is 15.4 Å². The van der Waals surface area contributed by atoms with Gasteiger partial charge in [-0.1, -0.05) is 0 Å². The Hall–Kier alpha value is -2.52. The standard InChI is InChI=1S/C21H26N2O5S2/c1-5-28-21(26)18-13(2)17(19(25)22-3)20(30-18)23-16(24)7-6-12-29-15-10-8-14(27-4)9-11-15/h8-11H,5-7,12H2,1-4H3,(H,22,25)(H,23,24). The summed E-state index contributed by atoms with van der Waals surface area (Å²) in [5.41, 5.74) is 0.801. The van der Waals surface area contributed by atoms with E-state index >= 15 is 0 Å². The highest BCUT2D eigenvalue weighted by molar-refractivity contribution is 7.99. The molecule has 2 amide bonds. The van der Waals surface area contributed by atoms with Crippen LogP contribution in [-0.4, -0.2) is 44.3 Å². The summed E-state index contributed by atoms with van der Waals surface area (Å²) < 4.78 is 10.2. The number of carbonyl (C=O) groups excluding carboxylic acids is 3. The molecule has 0 aliphatic carbocycles. The minimum atomic E-state index is -0.499. The SMILES string of the molecule is CCOC(=O)c1sc(NC(=O)CCCSc2ccc(OC)cc2)c(C(=O)NC)c1C. The number of amides is 2. The molecule has 1 aromatic carbocycles. The van der Waals surface area contributed by atoms with Crippen molar-refractivity contribution in [2.24, 2.45) is 0 Å².